The maximum atomic E-state index is 13.7. The molecule has 3 fully saturated rings. The van der Waals surface area contributed by atoms with Crippen molar-refractivity contribution >= 4 is 55.9 Å². The van der Waals surface area contributed by atoms with Crippen molar-refractivity contribution in [2.24, 2.45) is 5.92 Å². The Kier molecular flexibility index (Phi) is 9.56. The van der Waals surface area contributed by atoms with Gasteiger partial charge in [-0.1, -0.05) is 11.2 Å². The number of piperazine rings is 1. The number of rotatable bonds is 11. The molecular formula is C40H43N9O7S. The minimum Gasteiger partial charge on any atom is -0.496 e. The van der Waals surface area contributed by atoms with Gasteiger partial charge >= 0.3 is 0 Å². The number of aromatic nitrogens is 3. The van der Waals surface area contributed by atoms with E-state index in [1.54, 1.807) is 40.0 Å². The van der Waals surface area contributed by atoms with Crippen molar-refractivity contribution in [3.63, 3.8) is 0 Å². The monoisotopic (exact) mass is 793 g/mol. The minimum atomic E-state index is -4.02. The molecule has 0 bridgehead atoms. The van der Waals surface area contributed by atoms with Crippen molar-refractivity contribution in [3.05, 3.63) is 89.7 Å². The second-order valence-corrected chi connectivity index (χ2v) is 16.8. The first-order valence-corrected chi connectivity index (χ1v) is 20.7. The van der Waals surface area contributed by atoms with E-state index in [1.807, 2.05) is 36.5 Å². The van der Waals surface area contributed by atoms with Gasteiger partial charge in [-0.3, -0.25) is 34.0 Å². The lowest BCUT2D eigenvalue weighted by Gasteiger charge is -2.37. The number of anilines is 3. The van der Waals surface area contributed by atoms with E-state index in [-0.39, 0.29) is 28.9 Å². The molecule has 4 aliphatic rings. The summed E-state index contributed by atoms with van der Waals surface area (Å²) in [5.41, 5.74) is 4.71. The van der Waals surface area contributed by atoms with Gasteiger partial charge < -0.3 is 24.0 Å². The number of nitrogens with one attached hydrogen (secondary N) is 2. The molecule has 2 N–H and O–H groups in total. The first-order chi connectivity index (χ1) is 27.6. The van der Waals surface area contributed by atoms with Crippen LogP contribution in [0.25, 0.3) is 11.0 Å². The van der Waals surface area contributed by atoms with Crippen molar-refractivity contribution in [1.29, 1.82) is 0 Å². The zero-order valence-corrected chi connectivity index (χ0v) is 32.3. The largest absolute Gasteiger partial charge is 0.496 e. The molecule has 16 nitrogen and oxygen atoms in total. The number of carbonyl (C=O) groups excluding carboxylic acids is 3. The molecule has 0 aliphatic carbocycles. The predicted molar refractivity (Wildman–Crippen MR) is 211 cm³/mol. The van der Waals surface area contributed by atoms with Crippen LogP contribution in [0, 0.1) is 5.92 Å². The Bertz CT molecular complexity index is 2460. The molecule has 2 unspecified atom stereocenters. The third-order valence-electron chi connectivity index (χ3n) is 11.5. The Morgan fingerprint density at radius 3 is 2.58 bits per heavy atom. The van der Waals surface area contributed by atoms with Gasteiger partial charge in [0.15, 0.2) is 11.4 Å². The molecule has 2 aromatic heterocycles. The molecule has 9 rings (SSSR count). The molecule has 0 radical (unpaired) electrons. The van der Waals surface area contributed by atoms with Crippen LogP contribution in [0.2, 0.25) is 0 Å². The standard InChI is InChI=1S/C40H43N9O7S/c1-55-34-18-27(24-48-12-3-11-41-48)19-35-37(34)38(43-56-35)44-57(53,54)31-5-2-4-29(21-31)46-16-14-45(15-17-46)22-26-10-13-47(23-26)30-6-7-32-28(20-30)25-49(40(32)52)33-8-9-36(50)42-39(33)51/h2-7,11-12,18-21,26,33H,8-10,13-17,22-25H2,1H3,(H,43,44)(H,42,50,51). The average molecular weight is 794 g/mol. The fraction of sp³-hybridized carbons (Fsp3) is 0.375. The van der Waals surface area contributed by atoms with E-state index < -0.39 is 22.0 Å². The van der Waals surface area contributed by atoms with E-state index in [4.69, 9.17) is 9.26 Å². The average Bonchev–Trinajstić information content (AvgIpc) is 4.04. The molecule has 3 saturated heterocycles. The number of carbonyl (C=O) groups is 3. The van der Waals surface area contributed by atoms with Crippen LogP contribution in [-0.2, 0) is 32.7 Å². The van der Waals surface area contributed by atoms with Gasteiger partial charge in [-0.25, -0.2) is 8.42 Å². The van der Waals surface area contributed by atoms with Crippen LogP contribution in [0.1, 0.15) is 40.7 Å². The van der Waals surface area contributed by atoms with Gasteiger partial charge in [0.2, 0.25) is 11.8 Å². The Labute approximate surface area is 329 Å². The highest BCUT2D eigenvalue weighted by atomic mass is 32.2. The molecule has 6 heterocycles. The number of sulfonamides is 1. The topological polar surface area (TPSA) is 175 Å². The summed E-state index contributed by atoms with van der Waals surface area (Å²) in [5.74, 6) is 0.124. The van der Waals surface area contributed by atoms with Crippen molar-refractivity contribution in [2.45, 2.75) is 43.3 Å². The Morgan fingerprint density at radius 1 is 0.947 bits per heavy atom. The highest BCUT2D eigenvalue weighted by molar-refractivity contribution is 7.92. The second-order valence-electron chi connectivity index (χ2n) is 15.1. The van der Waals surface area contributed by atoms with Crippen molar-refractivity contribution < 1.29 is 32.1 Å². The molecule has 57 heavy (non-hydrogen) atoms. The Hall–Kier alpha value is -5.94. The second kappa shape index (κ2) is 14.9. The fourth-order valence-electron chi connectivity index (χ4n) is 8.55. The maximum absolute atomic E-state index is 13.7. The van der Waals surface area contributed by atoms with Crippen molar-refractivity contribution in [3.8, 4) is 5.75 Å². The van der Waals surface area contributed by atoms with E-state index in [0.29, 0.717) is 47.7 Å². The summed E-state index contributed by atoms with van der Waals surface area (Å²) in [5, 5.41) is 11.1. The van der Waals surface area contributed by atoms with Gasteiger partial charge in [0.05, 0.1) is 18.6 Å². The van der Waals surface area contributed by atoms with E-state index in [2.05, 4.69) is 41.1 Å². The number of piperidine rings is 1. The summed E-state index contributed by atoms with van der Waals surface area (Å²) in [6.45, 7) is 6.90. The van der Waals surface area contributed by atoms with Crippen LogP contribution < -0.4 is 24.6 Å². The fourth-order valence-corrected chi connectivity index (χ4v) is 9.60. The van der Waals surface area contributed by atoms with E-state index in [9.17, 15) is 22.8 Å². The van der Waals surface area contributed by atoms with E-state index in [0.717, 1.165) is 74.7 Å². The van der Waals surface area contributed by atoms with Crippen molar-refractivity contribution in [2.75, 3.05) is 67.4 Å². The number of benzene rings is 3. The Balaban J connectivity index is 0.794. The summed E-state index contributed by atoms with van der Waals surface area (Å²) in [7, 11) is -2.50. The van der Waals surface area contributed by atoms with Crippen LogP contribution in [0.15, 0.2) is 82.5 Å². The van der Waals surface area contributed by atoms with Crippen LogP contribution in [0.5, 0.6) is 5.75 Å². The molecule has 0 saturated carbocycles. The summed E-state index contributed by atoms with van der Waals surface area (Å²) >= 11 is 0. The zero-order valence-electron chi connectivity index (χ0n) is 31.5. The van der Waals surface area contributed by atoms with E-state index >= 15 is 0 Å². The normalized spacial score (nSPS) is 20.4. The third-order valence-corrected chi connectivity index (χ3v) is 12.8. The van der Waals surface area contributed by atoms with Crippen LogP contribution in [0.4, 0.5) is 17.2 Å². The minimum absolute atomic E-state index is 0.0553. The number of ether oxygens (including phenoxy) is 1. The SMILES string of the molecule is COc1cc(Cn2cccn2)cc2onc(NS(=O)(=O)c3cccc(N4CCN(CC5CCN(c6ccc7c(c6)CN(C6CCC(=O)NC6=O)C7=O)C5)CC4)c3)c12. The predicted octanol–water partition coefficient (Wildman–Crippen LogP) is 3.29. The number of methoxy groups -OCH3 is 1. The Morgan fingerprint density at radius 2 is 1.79 bits per heavy atom. The first-order valence-electron chi connectivity index (χ1n) is 19.2. The number of amides is 3. The lowest BCUT2D eigenvalue weighted by atomic mass is 10.0. The van der Waals surface area contributed by atoms with Crippen LogP contribution in [0.3, 0.4) is 0 Å². The third kappa shape index (κ3) is 7.28. The van der Waals surface area contributed by atoms with Crippen molar-refractivity contribution in [1.82, 2.24) is 30.1 Å². The smallest absolute Gasteiger partial charge is 0.263 e. The molecule has 2 atom stereocenters. The van der Waals surface area contributed by atoms with Gasteiger partial charge in [-0.05, 0) is 84.5 Å². The number of nitrogens with zero attached hydrogens (tertiary/aromatic N) is 7. The molecule has 5 aromatic rings. The van der Waals surface area contributed by atoms with Crippen LogP contribution in [-0.4, -0.2) is 110 Å². The van der Waals surface area contributed by atoms with Gasteiger partial charge in [-0.2, -0.15) is 5.10 Å². The van der Waals surface area contributed by atoms with Gasteiger partial charge in [0.1, 0.15) is 17.2 Å². The van der Waals surface area contributed by atoms with Gasteiger partial charge in [0.25, 0.3) is 15.9 Å². The lowest BCUT2D eigenvalue weighted by molar-refractivity contribution is -0.136. The molecule has 4 aliphatic heterocycles. The number of hydrogen-bond donors (Lipinski definition) is 2. The van der Waals surface area contributed by atoms with Gasteiger partial charge in [-0.15, -0.1) is 0 Å². The van der Waals surface area contributed by atoms with Gasteiger partial charge in [0, 0.05) is 88.1 Å². The molecule has 3 aromatic carbocycles. The quantitative estimate of drug-likeness (QED) is 0.187. The molecular weight excluding hydrogens is 751 g/mol. The molecule has 296 valence electrons. The highest BCUT2D eigenvalue weighted by Crippen LogP contribution is 2.36. The number of imide groups is 1. The summed E-state index contributed by atoms with van der Waals surface area (Å²) in [4.78, 5) is 46.0. The summed E-state index contributed by atoms with van der Waals surface area (Å²) < 4.78 is 42.9. The number of hydrogen-bond acceptors (Lipinski definition) is 12. The lowest BCUT2D eigenvalue weighted by Crippen LogP contribution is -2.52. The zero-order chi connectivity index (χ0) is 39.3. The number of fused-ring (bicyclic) bond motifs is 2. The van der Waals surface area contributed by atoms with Crippen LogP contribution >= 0.6 is 0 Å². The summed E-state index contributed by atoms with van der Waals surface area (Å²) in [6, 6.07) is 17.7. The summed E-state index contributed by atoms with van der Waals surface area (Å²) in [6.07, 6.45) is 5.19. The highest BCUT2D eigenvalue weighted by Gasteiger charge is 2.39. The first kappa shape index (κ1) is 36.7. The molecule has 0 spiro atoms. The maximum Gasteiger partial charge on any atom is 0.263 e. The molecule has 3 amide bonds. The van der Waals surface area contributed by atoms with E-state index in [1.165, 1.54) is 7.11 Å². The molecule has 17 heteroatoms.